The minimum Gasteiger partial charge on any atom is -0.380 e. The third-order valence-corrected chi connectivity index (χ3v) is 3.92. The Morgan fingerprint density at radius 1 is 1.10 bits per heavy atom. The molecule has 21 heavy (non-hydrogen) atoms. The fraction of sp³-hybridized carbons (Fsp3) is 0.176. The van der Waals surface area contributed by atoms with Crippen molar-refractivity contribution in [1.82, 2.24) is 4.98 Å². The van der Waals surface area contributed by atoms with Gasteiger partial charge in [0.2, 0.25) is 0 Å². The second kappa shape index (κ2) is 6.20. The van der Waals surface area contributed by atoms with Crippen molar-refractivity contribution in [2.75, 3.05) is 12.4 Å². The van der Waals surface area contributed by atoms with Crippen LogP contribution in [0, 0.1) is 0 Å². The third-order valence-electron chi connectivity index (χ3n) is 3.49. The van der Waals surface area contributed by atoms with Gasteiger partial charge in [0.15, 0.2) is 0 Å². The van der Waals surface area contributed by atoms with Gasteiger partial charge >= 0.3 is 0 Å². The lowest BCUT2D eigenvalue weighted by Crippen LogP contribution is -2.03. The standard InChI is InChI=1S/C17H17ClN2O/c1-21-11-12-6-2-4-8-14(12)19-10-16-17(18)13-7-3-5-9-15(13)20-16/h2-9,19-20H,10-11H2,1H3. The number of fused-ring (bicyclic) bond motifs is 1. The van der Waals surface area contributed by atoms with Gasteiger partial charge in [-0.25, -0.2) is 0 Å². The molecule has 0 fully saturated rings. The van der Waals surface area contributed by atoms with Gasteiger partial charge < -0.3 is 15.0 Å². The van der Waals surface area contributed by atoms with Crippen molar-refractivity contribution in [3.05, 3.63) is 64.8 Å². The molecule has 0 spiro atoms. The Hall–Kier alpha value is -1.97. The Morgan fingerprint density at radius 2 is 1.86 bits per heavy atom. The molecule has 0 saturated heterocycles. The highest BCUT2D eigenvalue weighted by Crippen LogP contribution is 2.28. The molecule has 0 bridgehead atoms. The van der Waals surface area contributed by atoms with Gasteiger partial charge in [-0.05, 0) is 12.1 Å². The Bertz CT molecular complexity index is 751. The average Bonchev–Trinajstić information content (AvgIpc) is 2.84. The van der Waals surface area contributed by atoms with Crippen molar-refractivity contribution in [3.8, 4) is 0 Å². The van der Waals surface area contributed by atoms with E-state index in [1.807, 2.05) is 42.5 Å². The monoisotopic (exact) mass is 300 g/mol. The molecule has 1 heterocycles. The van der Waals surface area contributed by atoms with E-state index in [2.05, 4.69) is 16.4 Å². The lowest BCUT2D eigenvalue weighted by atomic mass is 10.2. The number of rotatable bonds is 5. The Balaban J connectivity index is 1.82. The minimum absolute atomic E-state index is 0.587. The summed E-state index contributed by atoms with van der Waals surface area (Å²) < 4.78 is 5.22. The topological polar surface area (TPSA) is 37.0 Å². The SMILES string of the molecule is COCc1ccccc1NCc1[nH]c2ccccc2c1Cl. The van der Waals surface area contributed by atoms with Crippen LogP contribution in [0.3, 0.4) is 0 Å². The number of H-pyrrole nitrogens is 1. The van der Waals surface area contributed by atoms with Crippen LogP contribution in [-0.4, -0.2) is 12.1 Å². The number of ether oxygens (including phenoxy) is 1. The summed E-state index contributed by atoms with van der Waals surface area (Å²) in [6.45, 7) is 1.23. The fourth-order valence-electron chi connectivity index (χ4n) is 2.44. The maximum absolute atomic E-state index is 6.43. The van der Waals surface area contributed by atoms with Crippen LogP contribution in [0.15, 0.2) is 48.5 Å². The lowest BCUT2D eigenvalue weighted by molar-refractivity contribution is 0.185. The number of halogens is 1. The fourth-order valence-corrected chi connectivity index (χ4v) is 2.72. The van der Waals surface area contributed by atoms with Crippen LogP contribution >= 0.6 is 11.6 Å². The van der Waals surface area contributed by atoms with Gasteiger partial charge in [0.05, 0.1) is 23.9 Å². The Morgan fingerprint density at radius 3 is 2.67 bits per heavy atom. The molecule has 0 amide bonds. The van der Waals surface area contributed by atoms with Crippen molar-refractivity contribution in [2.45, 2.75) is 13.2 Å². The molecule has 0 aliphatic carbocycles. The first-order chi connectivity index (χ1) is 10.3. The highest BCUT2D eigenvalue weighted by Gasteiger charge is 2.09. The van der Waals surface area contributed by atoms with Crippen LogP contribution in [0.25, 0.3) is 10.9 Å². The highest BCUT2D eigenvalue weighted by molar-refractivity contribution is 6.36. The summed E-state index contributed by atoms with van der Waals surface area (Å²) in [5.41, 5.74) is 4.25. The molecule has 2 aromatic carbocycles. The summed E-state index contributed by atoms with van der Waals surface area (Å²) in [5.74, 6) is 0. The first-order valence-corrected chi connectivity index (χ1v) is 7.23. The molecule has 0 aliphatic heterocycles. The molecule has 0 unspecified atom stereocenters. The summed E-state index contributed by atoms with van der Waals surface area (Å²) >= 11 is 6.43. The maximum atomic E-state index is 6.43. The average molecular weight is 301 g/mol. The normalized spacial score (nSPS) is 11.0. The van der Waals surface area contributed by atoms with E-state index in [0.29, 0.717) is 13.2 Å². The zero-order valence-corrected chi connectivity index (χ0v) is 12.6. The smallest absolute Gasteiger partial charge is 0.0733 e. The van der Waals surface area contributed by atoms with Gasteiger partial charge in [-0.15, -0.1) is 0 Å². The third kappa shape index (κ3) is 2.89. The molecule has 3 rings (SSSR count). The Kier molecular flexibility index (Phi) is 4.13. The summed E-state index contributed by atoms with van der Waals surface area (Å²) in [4.78, 5) is 3.36. The molecule has 4 heteroatoms. The molecule has 1 aromatic heterocycles. The molecule has 0 radical (unpaired) electrons. The van der Waals surface area contributed by atoms with E-state index in [-0.39, 0.29) is 0 Å². The van der Waals surface area contributed by atoms with Crippen molar-refractivity contribution in [1.29, 1.82) is 0 Å². The molecule has 108 valence electrons. The lowest BCUT2D eigenvalue weighted by Gasteiger charge is -2.11. The van der Waals surface area contributed by atoms with Gasteiger partial charge in [0.25, 0.3) is 0 Å². The van der Waals surface area contributed by atoms with E-state index in [4.69, 9.17) is 16.3 Å². The van der Waals surface area contributed by atoms with Crippen molar-refractivity contribution in [2.24, 2.45) is 0 Å². The number of nitrogens with one attached hydrogen (secondary N) is 2. The van der Waals surface area contributed by atoms with Crippen LogP contribution in [0.5, 0.6) is 0 Å². The van der Waals surface area contributed by atoms with E-state index in [9.17, 15) is 0 Å². The number of para-hydroxylation sites is 2. The molecular formula is C17H17ClN2O. The number of methoxy groups -OCH3 is 1. The van der Waals surface area contributed by atoms with E-state index >= 15 is 0 Å². The largest absolute Gasteiger partial charge is 0.380 e. The highest BCUT2D eigenvalue weighted by atomic mass is 35.5. The predicted molar refractivity (Wildman–Crippen MR) is 87.8 cm³/mol. The van der Waals surface area contributed by atoms with Crippen LogP contribution in [-0.2, 0) is 17.9 Å². The second-order valence-corrected chi connectivity index (χ2v) is 5.28. The number of benzene rings is 2. The van der Waals surface area contributed by atoms with Crippen molar-refractivity contribution in [3.63, 3.8) is 0 Å². The zero-order chi connectivity index (χ0) is 14.7. The molecule has 2 N–H and O–H groups in total. The van der Waals surface area contributed by atoms with Crippen molar-refractivity contribution >= 4 is 28.2 Å². The first-order valence-electron chi connectivity index (χ1n) is 6.85. The molecule has 0 atom stereocenters. The maximum Gasteiger partial charge on any atom is 0.0733 e. The number of anilines is 1. The summed E-state index contributed by atoms with van der Waals surface area (Å²) in [5, 5.41) is 5.26. The van der Waals surface area contributed by atoms with Gasteiger partial charge in [-0.2, -0.15) is 0 Å². The minimum atomic E-state index is 0.587. The van der Waals surface area contributed by atoms with Gasteiger partial charge in [-0.1, -0.05) is 48.0 Å². The summed E-state index contributed by atoms with van der Waals surface area (Å²) in [6.07, 6.45) is 0. The van der Waals surface area contributed by atoms with E-state index < -0.39 is 0 Å². The van der Waals surface area contributed by atoms with Crippen molar-refractivity contribution < 1.29 is 4.74 Å². The molecule has 0 aliphatic rings. The van der Waals surface area contributed by atoms with Crippen LogP contribution in [0.2, 0.25) is 5.02 Å². The molecule has 3 nitrogen and oxygen atoms in total. The zero-order valence-electron chi connectivity index (χ0n) is 11.8. The number of hydrogen-bond acceptors (Lipinski definition) is 2. The quantitative estimate of drug-likeness (QED) is 0.723. The summed E-state index contributed by atoms with van der Waals surface area (Å²) in [7, 11) is 1.70. The van der Waals surface area contributed by atoms with Gasteiger partial charge in [-0.3, -0.25) is 0 Å². The number of hydrogen-bond donors (Lipinski definition) is 2. The Labute approximate surface area is 128 Å². The number of aromatic nitrogens is 1. The van der Waals surface area contributed by atoms with E-state index in [1.54, 1.807) is 7.11 Å². The predicted octanol–water partition coefficient (Wildman–Crippen LogP) is 4.58. The van der Waals surface area contributed by atoms with E-state index in [1.165, 1.54) is 0 Å². The van der Waals surface area contributed by atoms with E-state index in [0.717, 1.165) is 32.9 Å². The molecule has 0 saturated carbocycles. The van der Waals surface area contributed by atoms with Gasteiger partial charge in [0, 0.05) is 29.3 Å². The first kappa shape index (κ1) is 14.0. The second-order valence-electron chi connectivity index (χ2n) is 4.91. The van der Waals surface area contributed by atoms with Crippen LogP contribution in [0.1, 0.15) is 11.3 Å². The number of aromatic amines is 1. The van der Waals surface area contributed by atoms with Crippen LogP contribution in [0.4, 0.5) is 5.69 Å². The summed E-state index contributed by atoms with van der Waals surface area (Å²) in [6, 6.07) is 16.2. The molecular weight excluding hydrogens is 284 g/mol. The van der Waals surface area contributed by atoms with Gasteiger partial charge in [0.1, 0.15) is 0 Å². The van der Waals surface area contributed by atoms with Crippen LogP contribution < -0.4 is 5.32 Å². The molecule has 3 aromatic rings.